The normalized spacial score (nSPS) is 18.0. The molecule has 1 unspecified atom stereocenters. The molecule has 7 heteroatoms. The molecular weight excluding hydrogens is 286 g/mol. The number of hydrogen-bond acceptors (Lipinski definition) is 4. The number of carboxylic acids is 1. The summed E-state index contributed by atoms with van der Waals surface area (Å²) in [5, 5.41) is 15.7. The quantitative estimate of drug-likeness (QED) is 0.840. The van der Waals surface area contributed by atoms with E-state index >= 15 is 0 Å². The first kappa shape index (κ1) is 16.3. The number of amides is 2. The summed E-state index contributed by atoms with van der Waals surface area (Å²) >= 11 is 0. The van der Waals surface area contributed by atoms with Crippen molar-refractivity contribution in [2.45, 2.75) is 45.6 Å². The van der Waals surface area contributed by atoms with Crippen molar-refractivity contribution in [1.29, 1.82) is 0 Å². The van der Waals surface area contributed by atoms with E-state index in [-0.39, 0.29) is 19.1 Å². The molecule has 1 aromatic heterocycles. The van der Waals surface area contributed by atoms with Crippen LogP contribution in [-0.2, 0) is 11.3 Å². The van der Waals surface area contributed by atoms with E-state index in [9.17, 15) is 9.59 Å². The van der Waals surface area contributed by atoms with E-state index in [1.54, 1.807) is 0 Å². The zero-order chi connectivity index (χ0) is 16.1. The third kappa shape index (κ3) is 3.78. The number of nitrogens with zero attached hydrogens (tertiary/aromatic N) is 2. The molecule has 1 aromatic rings. The predicted octanol–water partition coefficient (Wildman–Crippen LogP) is 2.19. The van der Waals surface area contributed by atoms with Crippen LogP contribution in [0.2, 0.25) is 0 Å². The molecule has 1 atom stereocenters. The number of hydrogen-bond donors (Lipinski definition) is 2. The second-order valence-electron chi connectivity index (χ2n) is 5.66. The van der Waals surface area contributed by atoms with E-state index in [4.69, 9.17) is 9.63 Å². The van der Waals surface area contributed by atoms with Gasteiger partial charge in [0.2, 0.25) is 0 Å². The molecule has 0 radical (unpaired) electrons. The monoisotopic (exact) mass is 309 g/mol. The molecule has 22 heavy (non-hydrogen) atoms. The van der Waals surface area contributed by atoms with Gasteiger partial charge < -0.3 is 19.8 Å². The number of carbonyl (C=O) groups is 2. The Bertz CT molecular complexity index is 525. The maximum atomic E-state index is 12.0. The zero-order valence-corrected chi connectivity index (χ0v) is 13.0. The summed E-state index contributed by atoms with van der Waals surface area (Å²) in [6.45, 7) is 5.21. The van der Waals surface area contributed by atoms with Crippen molar-refractivity contribution in [3.8, 4) is 0 Å². The summed E-state index contributed by atoms with van der Waals surface area (Å²) in [6, 6.07) is 1.62. The molecular formula is C15H23N3O4. The predicted molar refractivity (Wildman–Crippen MR) is 79.4 cm³/mol. The Morgan fingerprint density at radius 3 is 2.82 bits per heavy atom. The lowest BCUT2D eigenvalue weighted by Crippen LogP contribution is -2.38. The molecule has 1 aliphatic rings. The Kier molecular flexibility index (Phi) is 5.41. The van der Waals surface area contributed by atoms with E-state index in [0.717, 1.165) is 18.5 Å². The Balaban J connectivity index is 1.83. The van der Waals surface area contributed by atoms with E-state index in [1.807, 2.05) is 6.07 Å². The minimum atomic E-state index is -0.847. The number of rotatable bonds is 6. The first-order chi connectivity index (χ1) is 10.5. The molecule has 2 heterocycles. The number of carboxylic acid groups (broad SMARTS) is 1. The van der Waals surface area contributed by atoms with Crippen molar-refractivity contribution < 1.29 is 19.2 Å². The lowest BCUT2D eigenvalue weighted by Gasteiger charge is -2.15. The number of aromatic nitrogens is 1. The van der Waals surface area contributed by atoms with E-state index in [2.05, 4.69) is 24.3 Å². The van der Waals surface area contributed by atoms with Crippen LogP contribution in [0.3, 0.4) is 0 Å². The number of urea groups is 1. The molecule has 1 aliphatic heterocycles. The molecule has 0 saturated carbocycles. The van der Waals surface area contributed by atoms with Gasteiger partial charge in [0.05, 0.1) is 18.2 Å². The number of nitrogens with one attached hydrogen (secondary N) is 1. The maximum Gasteiger partial charge on any atom is 0.317 e. The second-order valence-corrected chi connectivity index (χ2v) is 5.66. The Labute approximate surface area is 129 Å². The summed E-state index contributed by atoms with van der Waals surface area (Å²) in [5.41, 5.74) is 0.918. The van der Waals surface area contributed by atoms with Crippen LogP contribution in [0.25, 0.3) is 0 Å². The summed E-state index contributed by atoms with van der Waals surface area (Å²) < 4.78 is 5.24. The van der Waals surface area contributed by atoms with Gasteiger partial charge in [-0.1, -0.05) is 19.0 Å². The van der Waals surface area contributed by atoms with Crippen LogP contribution in [0.15, 0.2) is 10.6 Å². The standard InChI is InChI=1S/C15H23N3O4/c1-3-10(4-2)13-7-12(22-17-13)8-16-15(21)18-6-5-11(9-18)14(19)20/h7,10-11H,3-6,8-9H2,1-2H3,(H,16,21)(H,19,20). The van der Waals surface area contributed by atoms with Crippen molar-refractivity contribution in [2.24, 2.45) is 5.92 Å². The SMILES string of the molecule is CCC(CC)c1cc(CNC(=O)N2CCC(C(=O)O)C2)on1. The van der Waals surface area contributed by atoms with E-state index in [0.29, 0.717) is 24.6 Å². The fourth-order valence-corrected chi connectivity index (χ4v) is 2.73. The van der Waals surface area contributed by atoms with Crippen molar-refractivity contribution in [3.63, 3.8) is 0 Å². The highest BCUT2D eigenvalue weighted by molar-refractivity contribution is 5.77. The van der Waals surface area contributed by atoms with Crippen LogP contribution < -0.4 is 5.32 Å². The van der Waals surface area contributed by atoms with Gasteiger partial charge in [0, 0.05) is 25.1 Å². The van der Waals surface area contributed by atoms with E-state index in [1.165, 1.54) is 4.90 Å². The van der Waals surface area contributed by atoms with Gasteiger partial charge in [-0.2, -0.15) is 0 Å². The van der Waals surface area contributed by atoms with Crippen LogP contribution in [-0.4, -0.2) is 40.3 Å². The van der Waals surface area contributed by atoms with Gasteiger partial charge in [-0.05, 0) is 19.3 Å². The molecule has 0 spiro atoms. The summed E-state index contributed by atoms with van der Waals surface area (Å²) in [6.07, 6.45) is 2.50. The number of aliphatic carboxylic acids is 1. The van der Waals surface area contributed by atoms with Gasteiger partial charge in [-0.15, -0.1) is 0 Å². The first-order valence-electron chi connectivity index (χ1n) is 7.76. The van der Waals surface area contributed by atoms with E-state index < -0.39 is 11.9 Å². The van der Waals surface area contributed by atoms with Crippen LogP contribution in [0, 0.1) is 5.92 Å². The van der Waals surface area contributed by atoms with Crippen molar-refractivity contribution >= 4 is 12.0 Å². The average Bonchev–Trinajstić information content (AvgIpc) is 3.16. The second kappa shape index (κ2) is 7.29. The van der Waals surface area contributed by atoms with Crippen LogP contribution >= 0.6 is 0 Å². The Morgan fingerprint density at radius 2 is 2.23 bits per heavy atom. The molecule has 2 rings (SSSR count). The highest BCUT2D eigenvalue weighted by Gasteiger charge is 2.30. The molecule has 1 fully saturated rings. The minimum Gasteiger partial charge on any atom is -0.481 e. The molecule has 2 N–H and O–H groups in total. The van der Waals surface area contributed by atoms with Crippen LogP contribution in [0.1, 0.15) is 50.5 Å². The summed E-state index contributed by atoms with van der Waals surface area (Å²) in [4.78, 5) is 24.4. The largest absolute Gasteiger partial charge is 0.481 e. The fourth-order valence-electron chi connectivity index (χ4n) is 2.73. The van der Waals surface area contributed by atoms with Crippen molar-refractivity contribution in [3.05, 3.63) is 17.5 Å². The number of carbonyl (C=O) groups excluding carboxylic acids is 1. The Morgan fingerprint density at radius 1 is 1.50 bits per heavy atom. The lowest BCUT2D eigenvalue weighted by atomic mass is 9.99. The van der Waals surface area contributed by atoms with Crippen molar-refractivity contribution in [1.82, 2.24) is 15.4 Å². The van der Waals surface area contributed by atoms with Crippen LogP contribution in [0.4, 0.5) is 4.79 Å². The molecule has 1 saturated heterocycles. The van der Waals surface area contributed by atoms with Gasteiger partial charge in [0.25, 0.3) is 0 Å². The topological polar surface area (TPSA) is 95.7 Å². The molecule has 0 bridgehead atoms. The number of likely N-dealkylation sites (tertiary alicyclic amines) is 1. The Hall–Kier alpha value is -2.05. The zero-order valence-electron chi connectivity index (χ0n) is 13.0. The molecule has 0 aliphatic carbocycles. The van der Waals surface area contributed by atoms with Crippen molar-refractivity contribution in [2.75, 3.05) is 13.1 Å². The maximum absolute atomic E-state index is 12.0. The molecule has 122 valence electrons. The van der Waals surface area contributed by atoms with Crippen LogP contribution in [0.5, 0.6) is 0 Å². The molecule has 0 aromatic carbocycles. The summed E-state index contributed by atoms with van der Waals surface area (Å²) in [7, 11) is 0. The van der Waals surface area contributed by atoms with Gasteiger partial charge in [0.15, 0.2) is 5.76 Å². The third-order valence-electron chi connectivity index (χ3n) is 4.22. The third-order valence-corrected chi connectivity index (χ3v) is 4.22. The molecule has 7 nitrogen and oxygen atoms in total. The highest BCUT2D eigenvalue weighted by atomic mass is 16.5. The lowest BCUT2D eigenvalue weighted by molar-refractivity contribution is -0.141. The smallest absolute Gasteiger partial charge is 0.317 e. The van der Waals surface area contributed by atoms with Gasteiger partial charge >= 0.3 is 12.0 Å². The fraction of sp³-hybridized carbons (Fsp3) is 0.667. The molecule has 2 amide bonds. The minimum absolute atomic E-state index is 0.260. The first-order valence-corrected chi connectivity index (χ1v) is 7.76. The summed E-state index contributed by atoms with van der Waals surface area (Å²) in [5.74, 6) is -0.315. The highest BCUT2D eigenvalue weighted by Crippen LogP contribution is 2.22. The van der Waals surface area contributed by atoms with Gasteiger partial charge in [-0.3, -0.25) is 4.79 Å². The average molecular weight is 309 g/mol. The van der Waals surface area contributed by atoms with Gasteiger partial charge in [-0.25, -0.2) is 4.79 Å². The van der Waals surface area contributed by atoms with Gasteiger partial charge in [0.1, 0.15) is 0 Å².